The van der Waals surface area contributed by atoms with E-state index in [1.807, 2.05) is 32.0 Å². The second-order valence-electron chi connectivity index (χ2n) is 6.68. The highest BCUT2D eigenvalue weighted by molar-refractivity contribution is 9.10. The third kappa shape index (κ3) is 4.82. The number of hydrogen-bond acceptors (Lipinski definition) is 6. The number of nitrogens with zero attached hydrogens (tertiary/aromatic N) is 1. The van der Waals surface area contributed by atoms with E-state index < -0.39 is 0 Å². The van der Waals surface area contributed by atoms with Gasteiger partial charge in [-0.2, -0.15) is 0 Å². The van der Waals surface area contributed by atoms with Gasteiger partial charge in [0.25, 0.3) is 11.1 Å². The summed E-state index contributed by atoms with van der Waals surface area (Å²) in [6, 6.07) is 9.44. The van der Waals surface area contributed by atoms with E-state index in [4.69, 9.17) is 14.2 Å². The van der Waals surface area contributed by atoms with Crippen molar-refractivity contribution in [1.82, 2.24) is 4.90 Å². The zero-order chi connectivity index (χ0) is 21.8. The molecular weight excluding hydrogens is 470 g/mol. The number of thioether (sulfide) groups is 1. The first kappa shape index (κ1) is 22.2. The molecule has 2 amide bonds. The predicted octanol–water partition coefficient (Wildman–Crippen LogP) is 5.20. The van der Waals surface area contributed by atoms with Crippen LogP contribution in [0.4, 0.5) is 4.79 Å². The highest BCUT2D eigenvalue weighted by atomic mass is 79.9. The minimum Gasteiger partial charge on any atom is -0.493 e. The molecule has 0 bridgehead atoms. The fourth-order valence-electron chi connectivity index (χ4n) is 2.92. The highest BCUT2D eigenvalue weighted by Gasteiger charge is 2.35. The molecule has 0 aliphatic carbocycles. The van der Waals surface area contributed by atoms with Crippen LogP contribution in [0.15, 0.2) is 39.7 Å². The molecule has 3 rings (SSSR count). The van der Waals surface area contributed by atoms with E-state index in [-0.39, 0.29) is 24.3 Å². The minimum absolute atomic E-state index is 0.183. The Bertz CT molecular complexity index is 1020. The maximum atomic E-state index is 12.8. The average molecular weight is 492 g/mol. The van der Waals surface area contributed by atoms with Gasteiger partial charge >= 0.3 is 0 Å². The van der Waals surface area contributed by atoms with Crippen LogP contribution >= 0.6 is 27.7 Å². The predicted molar refractivity (Wildman–Crippen MR) is 121 cm³/mol. The molecule has 1 fully saturated rings. The van der Waals surface area contributed by atoms with Crippen LogP contribution < -0.4 is 14.2 Å². The van der Waals surface area contributed by atoms with Crippen molar-refractivity contribution < 1.29 is 23.8 Å². The number of rotatable bonds is 7. The molecule has 1 saturated heterocycles. The van der Waals surface area contributed by atoms with Crippen molar-refractivity contribution >= 4 is 44.9 Å². The fourth-order valence-corrected chi connectivity index (χ4v) is 4.22. The second-order valence-corrected chi connectivity index (χ2v) is 8.53. The summed E-state index contributed by atoms with van der Waals surface area (Å²) >= 11 is 4.38. The molecule has 0 atom stereocenters. The van der Waals surface area contributed by atoms with Gasteiger partial charge in [0.1, 0.15) is 12.4 Å². The van der Waals surface area contributed by atoms with Crippen molar-refractivity contribution in [3.8, 4) is 17.2 Å². The minimum atomic E-state index is -0.337. The second kappa shape index (κ2) is 9.57. The van der Waals surface area contributed by atoms with Gasteiger partial charge in [0, 0.05) is 4.47 Å². The van der Waals surface area contributed by atoms with E-state index in [2.05, 4.69) is 15.9 Å². The topological polar surface area (TPSA) is 65.1 Å². The summed E-state index contributed by atoms with van der Waals surface area (Å²) in [5, 5.41) is -0.313. The standard InChI is InChI=1S/C22H22BrNO5S/c1-13-5-6-14(2)17(9-13)29-8-7-24-21(25)20(30-22(24)26)11-15-10-18(27-3)19(28-4)12-16(15)23/h5-6,9-12H,7-8H2,1-4H3/b20-11-. The molecule has 1 aliphatic rings. The molecule has 0 radical (unpaired) electrons. The Morgan fingerprint density at radius 1 is 1.03 bits per heavy atom. The van der Waals surface area contributed by atoms with Gasteiger partial charge in [0.05, 0.1) is 25.7 Å². The maximum absolute atomic E-state index is 12.8. The quantitative estimate of drug-likeness (QED) is 0.496. The molecule has 158 valence electrons. The molecule has 0 unspecified atom stereocenters. The number of ether oxygens (including phenoxy) is 3. The van der Waals surface area contributed by atoms with Crippen molar-refractivity contribution in [2.45, 2.75) is 13.8 Å². The van der Waals surface area contributed by atoms with Crippen molar-refractivity contribution in [3.63, 3.8) is 0 Å². The summed E-state index contributed by atoms with van der Waals surface area (Å²) in [6.07, 6.45) is 1.67. The summed E-state index contributed by atoms with van der Waals surface area (Å²) < 4.78 is 17.1. The van der Waals surface area contributed by atoms with E-state index in [1.54, 1.807) is 32.4 Å². The van der Waals surface area contributed by atoms with Crippen LogP contribution in [0.3, 0.4) is 0 Å². The Labute approximate surface area is 188 Å². The van der Waals surface area contributed by atoms with Crippen molar-refractivity contribution in [1.29, 1.82) is 0 Å². The Hall–Kier alpha value is -2.45. The molecule has 0 spiro atoms. The van der Waals surface area contributed by atoms with Crippen molar-refractivity contribution in [2.75, 3.05) is 27.4 Å². The summed E-state index contributed by atoms with van der Waals surface area (Å²) in [4.78, 5) is 26.7. The Balaban J connectivity index is 1.72. The Morgan fingerprint density at radius 2 is 1.73 bits per heavy atom. The van der Waals surface area contributed by atoms with E-state index in [1.165, 1.54) is 4.90 Å². The molecule has 2 aromatic rings. The number of carbonyl (C=O) groups is 2. The number of carbonyl (C=O) groups excluding carboxylic acids is 2. The first-order valence-electron chi connectivity index (χ1n) is 9.21. The summed E-state index contributed by atoms with van der Waals surface area (Å²) in [6.45, 7) is 4.36. The highest BCUT2D eigenvalue weighted by Crippen LogP contribution is 2.37. The van der Waals surface area contributed by atoms with Gasteiger partial charge in [-0.1, -0.05) is 28.1 Å². The number of hydrogen-bond donors (Lipinski definition) is 0. The molecule has 1 aliphatic heterocycles. The van der Waals surface area contributed by atoms with Crippen LogP contribution in [0.1, 0.15) is 16.7 Å². The SMILES string of the molecule is COc1cc(Br)c(/C=C2\SC(=O)N(CCOc3cc(C)ccc3C)C2=O)cc1OC. The van der Waals surface area contributed by atoms with Gasteiger partial charge in [-0.3, -0.25) is 14.5 Å². The van der Waals surface area contributed by atoms with E-state index in [0.29, 0.717) is 22.0 Å². The number of aryl methyl sites for hydroxylation is 2. The average Bonchev–Trinajstić information content (AvgIpc) is 2.98. The third-order valence-electron chi connectivity index (χ3n) is 4.58. The van der Waals surface area contributed by atoms with Crippen LogP contribution in [0.25, 0.3) is 6.08 Å². The van der Waals surface area contributed by atoms with Crippen LogP contribution in [0.5, 0.6) is 17.2 Å². The lowest BCUT2D eigenvalue weighted by molar-refractivity contribution is -0.123. The van der Waals surface area contributed by atoms with Crippen molar-refractivity contribution in [2.24, 2.45) is 0 Å². The summed E-state index contributed by atoms with van der Waals surface area (Å²) in [5.41, 5.74) is 2.81. The normalized spacial score (nSPS) is 15.1. The van der Waals surface area contributed by atoms with Gasteiger partial charge in [-0.05, 0) is 66.6 Å². The van der Waals surface area contributed by atoms with Gasteiger partial charge in [-0.25, -0.2) is 0 Å². The molecule has 8 heteroatoms. The zero-order valence-corrected chi connectivity index (χ0v) is 19.6. The van der Waals surface area contributed by atoms with E-state index >= 15 is 0 Å². The lowest BCUT2D eigenvalue weighted by Crippen LogP contribution is -2.32. The maximum Gasteiger partial charge on any atom is 0.293 e. The zero-order valence-electron chi connectivity index (χ0n) is 17.2. The van der Waals surface area contributed by atoms with Crippen LogP contribution in [-0.4, -0.2) is 43.4 Å². The molecule has 6 nitrogen and oxygen atoms in total. The third-order valence-corrected chi connectivity index (χ3v) is 6.17. The first-order chi connectivity index (χ1) is 14.3. The van der Waals surface area contributed by atoms with Gasteiger partial charge in [-0.15, -0.1) is 0 Å². The van der Waals surface area contributed by atoms with Crippen LogP contribution in [-0.2, 0) is 4.79 Å². The Morgan fingerprint density at radius 3 is 2.43 bits per heavy atom. The number of amides is 2. The van der Waals surface area contributed by atoms with Crippen LogP contribution in [0.2, 0.25) is 0 Å². The number of benzene rings is 2. The molecular formula is C22H22BrNO5S. The van der Waals surface area contributed by atoms with Crippen LogP contribution in [0, 0.1) is 13.8 Å². The Kier molecular flexibility index (Phi) is 7.10. The van der Waals surface area contributed by atoms with Gasteiger partial charge < -0.3 is 14.2 Å². The summed E-state index contributed by atoms with van der Waals surface area (Å²) in [5.74, 6) is 1.52. The number of methoxy groups -OCH3 is 2. The smallest absolute Gasteiger partial charge is 0.293 e. The molecule has 0 saturated carbocycles. The first-order valence-corrected chi connectivity index (χ1v) is 10.8. The fraction of sp³-hybridized carbons (Fsp3) is 0.273. The number of halogens is 1. The lowest BCUT2D eigenvalue weighted by atomic mass is 10.1. The lowest BCUT2D eigenvalue weighted by Gasteiger charge is -2.14. The van der Waals surface area contributed by atoms with Crippen molar-refractivity contribution in [3.05, 3.63) is 56.4 Å². The molecule has 0 N–H and O–H groups in total. The largest absolute Gasteiger partial charge is 0.493 e. The molecule has 2 aromatic carbocycles. The molecule has 0 aromatic heterocycles. The molecule has 1 heterocycles. The number of imide groups is 1. The summed E-state index contributed by atoms with van der Waals surface area (Å²) in [7, 11) is 3.09. The van der Waals surface area contributed by atoms with Gasteiger partial charge in [0.15, 0.2) is 11.5 Å². The molecule has 30 heavy (non-hydrogen) atoms. The van der Waals surface area contributed by atoms with Gasteiger partial charge in [0.2, 0.25) is 0 Å². The van der Waals surface area contributed by atoms with E-state index in [9.17, 15) is 9.59 Å². The van der Waals surface area contributed by atoms with E-state index in [0.717, 1.165) is 33.1 Å². The monoisotopic (exact) mass is 491 g/mol.